The average Bonchev–Trinajstić information content (AvgIpc) is 2.73. The number of hydrogen-bond donors (Lipinski definition) is 2. The Labute approximate surface area is 174 Å². The molecule has 0 unspecified atom stereocenters. The summed E-state index contributed by atoms with van der Waals surface area (Å²) in [5.41, 5.74) is -6.42. The fourth-order valence-corrected chi connectivity index (χ4v) is 3.73. The molecule has 2 aromatic carbocycles. The van der Waals surface area contributed by atoms with Crippen molar-refractivity contribution in [3.05, 3.63) is 64.0 Å². The van der Waals surface area contributed by atoms with Gasteiger partial charge in [-0.05, 0) is 19.1 Å². The first kappa shape index (κ1) is 22.8. The smallest absolute Gasteiger partial charge is 0.239 e. The number of benzene rings is 2. The molecule has 1 amide bonds. The van der Waals surface area contributed by atoms with Crippen LogP contribution in [-0.4, -0.2) is 28.9 Å². The van der Waals surface area contributed by atoms with Crippen molar-refractivity contribution in [2.75, 3.05) is 7.05 Å². The summed E-state index contributed by atoms with van der Waals surface area (Å²) >= 11 is 3.28. The number of hydrogen-bond acceptors (Lipinski definition) is 3. The molecule has 0 aliphatic carbocycles. The van der Waals surface area contributed by atoms with E-state index in [2.05, 4.69) is 12.6 Å². The highest BCUT2D eigenvalue weighted by molar-refractivity contribution is 7.80. The van der Waals surface area contributed by atoms with Crippen molar-refractivity contribution in [1.29, 1.82) is 5.41 Å². The van der Waals surface area contributed by atoms with Crippen molar-refractivity contribution in [2.24, 2.45) is 0 Å². The van der Waals surface area contributed by atoms with Gasteiger partial charge < -0.3 is 0 Å². The summed E-state index contributed by atoms with van der Waals surface area (Å²) in [4.78, 5) is 11.6. The van der Waals surface area contributed by atoms with Crippen LogP contribution in [0, 0.1) is 46.1 Å². The Balaban J connectivity index is 2.49. The first-order chi connectivity index (χ1) is 14.3. The maximum atomic E-state index is 15.2. The molecule has 0 saturated carbocycles. The minimum absolute atomic E-state index is 0.199. The van der Waals surface area contributed by atoms with Crippen molar-refractivity contribution in [3.8, 4) is 0 Å². The second-order valence-corrected chi connectivity index (χ2v) is 7.27. The number of rotatable bonds is 2. The van der Waals surface area contributed by atoms with E-state index in [4.69, 9.17) is 5.41 Å². The summed E-state index contributed by atoms with van der Waals surface area (Å²) in [7, 11) is 0.775. The predicted octanol–water partition coefficient (Wildman–Crippen LogP) is 4.54. The molecule has 166 valence electrons. The lowest BCUT2D eigenvalue weighted by molar-refractivity contribution is -0.145. The van der Waals surface area contributed by atoms with Gasteiger partial charge in [-0.25, -0.2) is 30.7 Å². The highest BCUT2D eigenvalue weighted by Crippen LogP contribution is 2.50. The van der Waals surface area contributed by atoms with Crippen LogP contribution in [0.3, 0.4) is 0 Å². The fourth-order valence-electron chi connectivity index (χ4n) is 3.53. The number of halogens is 8. The van der Waals surface area contributed by atoms with Gasteiger partial charge in [-0.15, -0.1) is 12.6 Å². The topological polar surface area (TPSA) is 47.4 Å². The Bertz CT molecular complexity index is 1110. The number of amides is 1. The molecular weight excluding hydrogens is 458 g/mol. The highest BCUT2D eigenvalue weighted by Gasteiger charge is 2.59. The van der Waals surface area contributed by atoms with Crippen molar-refractivity contribution in [3.63, 3.8) is 0 Å². The number of nitrogens with one attached hydrogen (secondary N) is 1. The van der Waals surface area contributed by atoms with Crippen LogP contribution in [-0.2, 0) is 10.3 Å². The van der Waals surface area contributed by atoms with Gasteiger partial charge in [-0.3, -0.25) is 15.1 Å². The van der Waals surface area contributed by atoms with Crippen LogP contribution in [0.15, 0.2) is 17.0 Å². The van der Waals surface area contributed by atoms with Gasteiger partial charge in [0.05, 0.1) is 16.4 Å². The van der Waals surface area contributed by atoms with E-state index >= 15 is 4.48 Å². The van der Waals surface area contributed by atoms with Crippen LogP contribution < -0.4 is 0 Å². The van der Waals surface area contributed by atoms with Crippen LogP contribution in [0.25, 0.3) is 0 Å². The zero-order valence-corrected chi connectivity index (χ0v) is 16.4. The van der Waals surface area contributed by atoms with Crippen molar-refractivity contribution in [2.45, 2.75) is 23.3 Å². The lowest BCUT2D eigenvalue weighted by Gasteiger charge is -2.48. The van der Waals surface area contributed by atoms with Crippen molar-refractivity contribution < 1.29 is 40.0 Å². The van der Waals surface area contributed by atoms with Gasteiger partial charge in [0.2, 0.25) is 11.9 Å². The third kappa shape index (κ3) is 2.97. The van der Waals surface area contributed by atoms with E-state index in [9.17, 15) is 35.5 Å². The Morgan fingerprint density at radius 2 is 1.42 bits per heavy atom. The Hall–Kier alpha value is -2.83. The van der Waals surface area contributed by atoms with Gasteiger partial charge in [0.25, 0.3) is 0 Å². The van der Waals surface area contributed by atoms with Crippen LogP contribution in [0.1, 0.15) is 24.0 Å². The third-order valence-corrected chi connectivity index (χ3v) is 5.56. The van der Waals surface area contributed by atoms with E-state index in [-0.39, 0.29) is 4.90 Å². The fraction of sp³-hybridized carbons (Fsp3) is 0.222. The van der Waals surface area contributed by atoms with E-state index in [1.165, 1.54) is 0 Å². The van der Waals surface area contributed by atoms with Gasteiger partial charge in [0, 0.05) is 12.6 Å². The molecule has 3 rings (SSSR count). The van der Waals surface area contributed by atoms with Gasteiger partial charge >= 0.3 is 0 Å². The van der Waals surface area contributed by atoms with Crippen molar-refractivity contribution >= 4 is 24.5 Å². The highest BCUT2D eigenvalue weighted by atomic mass is 32.1. The lowest BCUT2D eigenvalue weighted by Crippen LogP contribution is -2.62. The molecule has 2 aromatic rings. The van der Waals surface area contributed by atoms with E-state index in [0.29, 0.717) is 19.1 Å². The number of carbonyl (C=O) groups excluding carboxylic acids is 1. The molecule has 2 atom stereocenters. The second-order valence-electron chi connectivity index (χ2n) is 6.82. The summed E-state index contributed by atoms with van der Waals surface area (Å²) in [5.74, 6) is -19.4. The average molecular weight is 469 g/mol. The van der Waals surface area contributed by atoms with E-state index in [1.807, 2.05) is 0 Å². The van der Waals surface area contributed by atoms with E-state index < -0.39 is 85.2 Å². The molecule has 31 heavy (non-hydrogen) atoms. The van der Waals surface area contributed by atoms with Gasteiger partial charge in [0.1, 0.15) is 11.4 Å². The normalized spacial score (nSPS) is 21.8. The Morgan fingerprint density at radius 3 is 1.94 bits per heavy atom. The summed E-state index contributed by atoms with van der Waals surface area (Å²) in [6, 6.07) is 0.675. The summed E-state index contributed by atoms with van der Waals surface area (Å²) in [5, 5.41) is 6.93. The van der Waals surface area contributed by atoms with Gasteiger partial charge in [-0.1, -0.05) is 4.48 Å². The zero-order chi connectivity index (χ0) is 23.6. The van der Waals surface area contributed by atoms with Crippen LogP contribution in [0.4, 0.5) is 35.2 Å². The van der Waals surface area contributed by atoms with E-state index in [1.54, 1.807) is 0 Å². The molecule has 0 aromatic heterocycles. The molecule has 0 bridgehead atoms. The SMILES string of the molecule is CN1C(=N)N(F)[C@](C)(c2c(F)ccc(F)c2F)[C@@H](c2c(F)c(F)c(S)c(F)c2F)C1=O. The molecule has 1 aliphatic rings. The molecular formula is C18H11F8N3OS. The molecule has 1 saturated heterocycles. The number of nitrogens with zero attached hydrogens (tertiary/aromatic N) is 2. The zero-order valence-electron chi connectivity index (χ0n) is 15.5. The quantitative estimate of drug-likeness (QED) is 0.294. The maximum absolute atomic E-state index is 15.2. The van der Waals surface area contributed by atoms with Gasteiger partial charge in [0.15, 0.2) is 34.9 Å². The molecule has 1 heterocycles. The molecule has 4 nitrogen and oxygen atoms in total. The van der Waals surface area contributed by atoms with Crippen LogP contribution >= 0.6 is 12.6 Å². The standard InChI is InChI=1S/C18H11F8N3OS/c1-18(8-5(19)3-4-6(20)10(8)21)9(16(30)28(2)17(27)29(18)26)7-11(22)13(24)15(31)14(25)12(7)23/h3-4,9,27,31H,1-2H3/t9-,18+/m0/s1. The number of thiol groups is 1. The molecule has 0 spiro atoms. The Morgan fingerprint density at radius 1 is 0.935 bits per heavy atom. The largest absolute Gasteiger partial charge is 0.283 e. The molecule has 1 aliphatic heterocycles. The first-order valence-electron chi connectivity index (χ1n) is 8.29. The lowest BCUT2D eigenvalue weighted by atomic mass is 9.72. The minimum Gasteiger partial charge on any atom is -0.283 e. The third-order valence-electron chi connectivity index (χ3n) is 5.16. The maximum Gasteiger partial charge on any atom is 0.239 e. The second kappa shape index (κ2) is 7.39. The van der Waals surface area contributed by atoms with E-state index in [0.717, 1.165) is 7.05 Å². The minimum atomic E-state index is -3.17. The monoisotopic (exact) mass is 469 g/mol. The predicted molar refractivity (Wildman–Crippen MR) is 93.4 cm³/mol. The van der Waals surface area contributed by atoms with Crippen molar-refractivity contribution in [1.82, 2.24) is 10.0 Å². The van der Waals surface area contributed by atoms with Gasteiger partial charge in [-0.2, -0.15) is 5.12 Å². The molecule has 0 radical (unpaired) electrons. The summed E-state index contributed by atoms with van der Waals surface area (Å²) in [6.45, 7) is 0.529. The Kier molecular flexibility index (Phi) is 5.45. The first-order valence-corrected chi connectivity index (χ1v) is 8.74. The van der Waals surface area contributed by atoms with Crippen LogP contribution in [0.5, 0.6) is 0 Å². The summed E-state index contributed by atoms with van der Waals surface area (Å²) < 4.78 is 116. The number of carbonyl (C=O) groups is 1. The number of likely N-dealkylation sites (N-methyl/N-ethyl adjacent to an activating group) is 1. The number of guanidine groups is 1. The van der Waals surface area contributed by atoms with Crippen LogP contribution in [0.2, 0.25) is 0 Å². The summed E-state index contributed by atoms with van der Waals surface area (Å²) in [6.07, 6.45) is 0. The molecule has 1 fully saturated rings. The molecule has 1 N–H and O–H groups in total. The molecule has 13 heteroatoms.